The molecule has 7 atom stereocenters. The molecule has 1 spiro atoms. The van der Waals surface area contributed by atoms with Crippen LogP contribution in [0.4, 0.5) is 0 Å². The van der Waals surface area contributed by atoms with E-state index in [0.717, 1.165) is 5.52 Å². The van der Waals surface area contributed by atoms with Crippen LogP contribution >= 0.6 is 0 Å². The maximum Gasteiger partial charge on any atom is 0.312 e. The molecule has 2 unspecified atom stereocenters. The van der Waals surface area contributed by atoms with Crippen molar-refractivity contribution in [3.63, 3.8) is 0 Å². The van der Waals surface area contributed by atoms with Crippen molar-refractivity contribution in [2.45, 2.75) is 70.5 Å². The third kappa shape index (κ3) is 3.59. The maximum absolute atomic E-state index is 14.0. The van der Waals surface area contributed by atoms with Gasteiger partial charge in [0.2, 0.25) is 11.8 Å². The number of carbonyl (C=O) groups is 3. The number of amides is 2. The Morgan fingerprint density at radius 3 is 2.83 bits per heavy atom. The van der Waals surface area contributed by atoms with Crippen molar-refractivity contribution in [2.75, 3.05) is 13.2 Å². The van der Waals surface area contributed by atoms with Gasteiger partial charge >= 0.3 is 5.97 Å². The third-order valence-corrected chi connectivity index (χ3v) is 8.21. The number of aliphatic hydroxyl groups excluding tert-OH is 1. The summed E-state index contributed by atoms with van der Waals surface area (Å²) in [5, 5.41) is 21.5. The molecule has 11 nitrogen and oxygen atoms in total. The van der Waals surface area contributed by atoms with Gasteiger partial charge in [-0.2, -0.15) is 0 Å². The summed E-state index contributed by atoms with van der Waals surface area (Å²) in [6, 6.07) is 5.84. The summed E-state index contributed by atoms with van der Waals surface area (Å²) in [5.41, 5.74) is 0.325. The quantitative estimate of drug-likeness (QED) is 0.485. The zero-order valence-corrected chi connectivity index (χ0v) is 20.8. The van der Waals surface area contributed by atoms with Crippen molar-refractivity contribution in [3.05, 3.63) is 24.3 Å². The number of aromatic nitrogens is 3. The van der Waals surface area contributed by atoms with Gasteiger partial charge in [0.25, 0.3) is 0 Å². The molecule has 4 heterocycles. The highest BCUT2D eigenvalue weighted by Gasteiger charge is 2.75. The molecule has 0 aliphatic carbocycles. The van der Waals surface area contributed by atoms with E-state index in [1.54, 1.807) is 11.6 Å². The van der Waals surface area contributed by atoms with Gasteiger partial charge in [-0.25, -0.2) is 4.68 Å². The van der Waals surface area contributed by atoms with Crippen molar-refractivity contribution in [1.29, 1.82) is 0 Å². The van der Waals surface area contributed by atoms with E-state index in [1.165, 1.54) is 4.90 Å². The average Bonchev–Trinajstić information content (AvgIpc) is 3.62. The number of ether oxygens (including phenoxy) is 2. The molecule has 0 saturated carbocycles. The summed E-state index contributed by atoms with van der Waals surface area (Å²) in [6.07, 6.45) is 1.28. The first-order valence-electron chi connectivity index (χ1n) is 12.7. The van der Waals surface area contributed by atoms with Gasteiger partial charge < -0.3 is 24.8 Å². The van der Waals surface area contributed by atoms with Crippen molar-refractivity contribution >= 4 is 28.8 Å². The Kier molecular flexibility index (Phi) is 6.46. The standard InChI is InChI=1S/C25H33N5O6/c1-4-14(3)17(12-31)30-21(22(32)26-13-29-16-9-7-6-8-15(16)27-28-29)25-11-10-18(36-25)19(20(25)23(30)33)24(34)35-5-2/h6-9,14,17-21,31H,4-5,10-13H2,1-3H3,(H,26,32)/t14-,17-,18+,19-,20-,21?,25?/m0/s1. The first kappa shape index (κ1) is 24.6. The minimum Gasteiger partial charge on any atom is -0.466 e. The predicted molar refractivity (Wildman–Crippen MR) is 127 cm³/mol. The van der Waals surface area contributed by atoms with E-state index in [2.05, 4.69) is 15.6 Å². The second-order valence-electron chi connectivity index (χ2n) is 9.97. The first-order valence-corrected chi connectivity index (χ1v) is 12.7. The Balaban J connectivity index is 1.49. The van der Waals surface area contributed by atoms with Gasteiger partial charge in [-0.05, 0) is 37.8 Å². The molecule has 1 aromatic heterocycles. The van der Waals surface area contributed by atoms with E-state index in [-0.39, 0.29) is 31.7 Å². The molecule has 36 heavy (non-hydrogen) atoms. The van der Waals surface area contributed by atoms with Gasteiger partial charge in [-0.15, -0.1) is 5.10 Å². The average molecular weight is 500 g/mol. The lowest BCUT2D eigenvalue weighted by molar-refractivity contribution is -0.156. The molecule has 2 N–H and O–H groups in total. The Labute approximate surface area is 209 Å². The molecule has 2 aromatic rings. The molecule has 2 bridgehead atoms. The van der Waals surface area contributed by atoms with E-state index in [1.807, 2.05) is 38.1 Å². The molecule has 11 heteroatoms. The Hall–Kier alpha value is -3.05. The van der Waals surface area contributed by atoms with Crippen LogP contribution in [0, 0.1) is 17.8 Å². The predicted octanol–water partition coefficient (Wildman–Crippen LogP) is 0.850. The molecular weight excluding hydrogens is 466 g/mol. The summed E-state index contributed by atoms with van der Waals surface area (Å²) in [7, 11) is 0. The highest BCUT2D eigenvalue weighted by atomic mass is 16.6. The second-order valence-corrected chi connectivity index (χ2v) is 9.97. The summed E-state index contributed by atoms with van der Waals surface area (Å²) < 4.78 is 13.2. The van der Waals surface area contributed by atoms with Gasteiger partial charge in [0.05, 0.1) is 42.7 Å². The smallest absolute Gasteiger partial charge is 0.312 e. The minimum atomic E-state index is -1.14. The van der Waals surface area contributed by atoms with Crippen LogP contribution < -0.4 is 5.32 Å². The van der Waals surface area contributed by atoms with Gasteiger partial charge in [-0.3, -0.25) is 14.4 Å². The number of para-hydroxylation sites is 1. The molecule has 3 saturated heterocycles. The lowest BCUT2D eigenvalue weighted by atomic mass is 9.71. The third-order valence-electron chi connectivity index (χ3n) is 8.21. The van der Waals surface area contributed by atoms with Gasteiger partial charge in [0, 0.05) is 0 Å². The fourth-order valence-corrected chi connectivity index (χ4v) is 6.35. The van der Waals surface area contributed by atoms with Crippen LogP contribution in [0.1, 0.15) is 40.0 Å². The van der Waals surface area contributed by atoms with Crippen LogP contribution in [0.3, 0.4) is 0 Å². The molecule has 2 amide bonds. The number of hydrogen-bond donors (Lipinski definition) is 2. The minimum absolute atomic E-state index is 0.0521. The highest BCUT2D eigenvalue weighted by Crippen LogP contribution is 2.59. The topological polar surface area (TPSA) is 136 Å². The zero-order valence-electron chi connectivity index (χ0n) is 20.8. The number of fused-ring (bicyclic) bond motifs is 2. The SMILES string of the molecule is CCOC(=O)[C@@H]1[C@H]2C(=O)N([C@@H](CO)[C@@H](C)CC)C(C(=O)NCn3nnc4ccccc43)C23CC[C@H]1O3. The number of nitrogens with zero attached hydrogens (tertiary/aromatic N) is 4. The van der Waals surface area contributed by atoms with Crippen LogP contribution in [0.2, 0.25) is 0 Å². The summed E-state index contributed by atoms with van der Waals surface area (Å²) in [6.45, 7) is 5.59. The second kappa shape index (κ2) is 9.44. The van der Waals surface area contributed by atoms with Gasteiger partial charge in [-0.1, -0.05) is 37.6 Å². The molecule has 3 aliphatic rings. The molecule has 5 rings (SSSR count). The van der Waals surface area contributed by atoms with Crippen LogP contribution in [0.5, 0.6) is 0 Å². The largest absolute Gasteiger partial charge is 0.466 e. The zero-order chi connectivity index (χ0) is 25.6. The Morgan fingerprint density at radius 1 is 1.33 bits per heavy atom. The fraction of sp³-hybridized carbons (Fsp3) is 0.640. The first-order chi connectivity index (χ1) is 17.4. The maximum atomic E-state index is 14.0. The normalized spacial score (nSPS) is 30.4. The lowest BCUT2D eigenvalue weighted by Crippen LogP contribution is -2.59. The van der Waals surface area contributed by atoms with Crippen LogP contribution in [-0.4, -0.2) is 79.8 Å². The molecular formula is C25H33N5O6. The molecule has 1 aromatic carbocycles. The number of nitrogens with one attached hydrogen (secondary N) is 1. The van der Waals surface area contributed by atoms with E-state index in [4.69, 9.17) is 9.47 Å². The number of carbonyl (C=O) groups excluding carboxylic acids is 3. The van der Waals surface area contributed by atoms with Crippen LogP contribution in [0.25, 0.3) is 11.0 Å². The summed E-state index contributed by atoms with van der Waals surface area (Å²) in [5.74, 6) is -2.86. The van der Waals surface area contributed by atoms with Crippen molar-refractivity contribution in [1.82, 2.24) is 25.2 Å². The van der Waals surface area contributed by atoms with E-state index >= 15 is 0 Å². The van der Waals surface area contributed by atoms with Crippen molar-refractivity contribution in [2.24, 2.45) is 17.8 Å². The Bertz CT molecular complexity index is 1170. The molecule has 194 valence electrons. The summed E-state index contributed by atoms with van der Waals surface area (Å²) >= 11 is 0. The fourth-order valence-electron chi connectivity index (χ4n) is 6.35. The number of rotatable bonds is 9. The molecule has 3 fully saturated rings. The highest BCUT2D eigenvalue weighted by molar-refractivity contribution is 5.98. The van der Waals surface area contributed by atoms with Crippen molar-refractivity contribution in [3.8, 4) is 0 Å². The van der Waals surface area contributed by atoms with Gasteiger partial charge in [0.15, 0.2) is 0 Å². The van der Waals surface area contributed by atoms with E-state index in [0.29, 0.717) is 24.8 Å². The molecule has 0 radical (unpaired) electrons. The van der Waals surface area contributed by atoms with Crippen LogP contribution in [0.15, 0.2) is 24.3 Å². The number of hydrogen-bond acceptors (Lipinski definition) is 8. The Morgan fingerprint density at radius 2 is 2.11 bits per heavy atom. The number of likely N-dealkylation sites (tertiary alicyclic amines) is 1. The monoisotopic (exact) mass is 499 g/mol. The molecule has 3 aliphatic heterocycles. The summed E-state index contributed by atoms with van der Waals surface area (Å²) in [4.78, 5) is 42.2. The van der Waals surface area contributed by atoms with E-state index in [9.17, 15) is 19.5 Å². The van der Waals surface area contributed by atoms with Crippen LogP contribution in [-0.2, 0) is 30.5 Å². The number of esters is 1. The lowest BCUT2D eigenvalue weighted by Gasteiger charge is -2.38. The number of benzene rings is 1. The van der Waals surface area contributed by atoms with E-state index < -0.39 is 47.5 Å². The van der Waals surface area contributed by atoms with Crippen molar-refractivity contribution < 1.29 is 29.0 Å². The van der Waals surface area contributed by atoms with Gasteiger partial charge in [0.1, 0.15) is 23.8 Å². The number of aliphatic hydroxyl groups is 1.